The van der Waals surface area contributed by atoms with Crippen LogP contribution >= 0.6 is 0 Å². The van der Waals surface area contributed by atoms with Crippen LogP contribution in [-0.2, 0) is 19.4 Å². The van der Waals surface area contributed by atoms with Gasteiger partial charge in [0.25, 0.3) is 0 Å². The molecule has 0 aliphatic carbocycles. The SMILES string of the molecule is CCCCCCCCCCCCCCCCc1cc(CCCCCCCCCCCCCCCC)c[n+](CCCCCCCC)c1. The molecule has 0 amide bonds. The zero-order valence-corrected chi connectivity index (χ0v) is 32.3. The summed E-state index contributed by atoms with van der Waals surface area (Å²) in [5, 5.41) is 0. The second-order valence-electron chi connectivity index (χ2n) is 15.3. The normalized spacial score (nSPS) is 11.5. The molecule has 0 N–H and O–H groups in total. The van der Waals surface area contributed by atoms with Gasteiger partial charge in [-0.25, -0.2) is 4.57 Å². The molecule has 0 atom stereocenters. The van der Waals surface area contributed by atoms with Crippen molar-refractivity contribution in [1.29, 1.82) is 0 Å². The van der Waals surface area contributed by atoms with E-state index in [1.807, 2.05) is 0 Å². The molecule has 1 rings (SSSR count). The standard InChI is InChI=1S/C45H86N/c1-4-7-10-13-16-18-20-22-24-26-28-30-32-35-38-44-41-45(43-46(42-44)40-37-34-15-12-9-6-3)39-36-33-31-29-27-25-23-21-19-17-14-11-8-5-2/h41-43H,4-40H2,1-3H3/q+1. The Kier molecular flexibility index (Phi) is 33.3. The number of rotatable bonds is 37. The zero-order chi connectivity index (χ0) is 33.0. The molecule has 1 aromatic heterocycles. The third-order valence-corrected chi connectivity index (χ3v) is 10.4. The number of nitrogens with zero attached hydrogens (tertiary/aromatic N) is 1. The molecule has 1 heteroatoms. The van der Waals surface area contributed by atoms with Crippen LogP contribution in [0.5, 0.6) is 0 Å². The Morgan fingerprint density at radius 1 is 0.304 bits per heavy atom. The van der Waals surface area contributed by atoms with E-state index in [4.69, 9.17) is 0 Å². The Morgan fingerprint density at radius 2 is 0.543 bits per heavy atom. The fourth-order valence-corrected chi connectivity index (χ4v) is 7.30. The maximum absolute atomic E-state index is 2.57. The van der Waals surface area contributed by atoms with E-state index in [-0.39, 0.29) is 0 Å². The van der Waals surface area contributed by atoms with Crippen molar-refractivity contribution in [1.82, 2.24) is 0 Å². The summed E-state index contributed by atoms with van der Waals surface area (Å²) in [5.41, 5.74) is 3.21. The van der Waals surface area contributed by atoms with E-state index in [2.05, 4.69) is 43.8 Å². The minimum atomic E-state index is 1.21. The molecular formula is C45H86N+. The molecule has 0 bridgehead atoms. The molecule has 1 nitrogen and oxygen atoms in total. The monoisotopic (exact) mass is 641 g/mol. The molecule has 0 aliphatic heterocycles. The number of hydrogen-bond acceptors (Lipinski definition) is 0. The summed E-state index contributed by atoms with van der Waals surface area (Å²) in [6.07, 6.45) is 56.3. The Morgan fingerprint density at radius 3 is 0.826 bits per heavy atom. The molecule has 0 aromatic carbocycles. The summed E-state index contributed by atoms with van der Waals surface area (Å²) >= 11 is 0. The van der Waals surface area contributed by atoms with Gasteiger partial charge < -0.3 is 0 Å². The fraction of sp³-hybridized carbons (Fsp3) is 0.889. The molecule has 1 aromatic rings. The van der Waals surface area contributed by atoms with Crippen LogP contribution in [0.15, 0.2) is 18.5 Å². The van der Waals surface area contributed by atoms with Crippen LogP contribution in [-0.4, -0.2) is 0 Å². The molecular weight excluding hydrogens is 555 g/mol. The van der Waals surface area contributed by atoms with Gasteiger partial charge in [0.15, 0.2) is 12.4 Å². The van der Waals surface area contributed by atoms with Gasteiger partial charge in [0.2, 0.25) is 0 Å². The van der Waals surface area contributed by atoms with Crippen molar-refractivity contribution in [2.24, 2.45) is 0 Å². The third-order valence-electron chi connectivity index (χ3n) is 10.4. The van der Waals surface area contributed by atoms with Crippen molar-refractivity contribution in [3.63, 3.8) is 0 Å². The van der Waals surface area contributed by atoms with Crippen LogP contribution in [0, 0.1) is 0 Å². The van der Waals surface area contributed by atoms with Crippen molar-refractivity contribution >= 4 is 0 Å². The Labute approximate surface area is 291 Å². The molecule has 0 saturated heterocycles. The number of aromatic nitrogens is 1. The van der Waals surface area contributed by atoms with Gasteiger partial charge in [-0.05, 0) is 38.2 Å². The van der Waals surface area contributed by atoms with E-state index in [1.165, 1.54) is 238 Å². The zero-order valence-electron chi connectivity index (χ0n) is 32.3. The van der Waals surface area contributed by atoms with Crippen LogP contribution in [0.3, 0.4) is 0 Å². The highest BCUT2D eigenvalue weighted by atomic mass is 14.9. The minimum absolute atomic E-state index is 1.21. The minimum Gasteiger partial charge on any atom is -0.205 e. The average Bonchev–Trinajstić information content (AvgIpc) is 3.06. The highest BCUT2D eigenvalue weighted by Gasteiger charge is 2.09. The maximum atomic E-state index is 2.57. The number of pyridine rings is 1. The molecule has 0 unspecified atom stereocenters. The lowest BCUT2D eigenvalue weighted by atomic mass is 10.0. The number of aryl methyl sites for hydroxylation is 3. The van der Waals surface area contributed by atoms with Crippen LogP contribution in [0.25, 0.3) is 0 Å². The van der Waals surface area contributed by atoms with Crippen LogP contribution < -0.4 is 4.57 Å². The first kappa shape index (κ1) is 43.2. The Hall–Kier alpha value is -0.850. The fourth-order valence-electron chi connectivity index (χ4n) is 7.30. The molecule has 270 valence electrons. The molecule has 0 fully saturated rings. The average molecular weight is 641 g/mol. The number of hydrogen-bond donors (Lipinski definition) is 0. The smallest absolute Gasteiger partial charge is 0.171 e. The van der Waals surface area contributed by atoms with E-state index >= 15 is 0 Å². The van der Waals surface area contributed by atoms with E-state index in [0.29, 0.717) is 0 Å². The van der Waals surface area contributed by atoms with Crippen LogP contribution in [0.1, 0.15) is 250 Å². The lowest BCUT2D eigenvalue weighted by Crippen LogP contribution is -2.34. The molecule has 0 spiro atoms. The van der Waals surface area contributed by atoms with Gasteiger partial charge in [0.1, 0.15) is 6.54 Å². The van der Waals surface area contributed by atoms with Crippen LogP contribution in [0.2, 0.25) is 0 Å². The predicted molar refractivity (Wildman–Crippen MR) is 208 cm³/mol. The van der Waals surface area contributed by atoms with Gasteiger partial charge >= 0.3 is 0 Å². The topological polar surface area (TPSA) is 3.88 Å². The van der Waals surface area contributed by atoms with Crippen molar-refractivity contribution in [3.8, 4) is 0 Å². The summed E-state index contributed by atoms with van der Waals surface area (Å²) in [5.74, 6) is 0. The summed E-state index contributed by atoms with van der Waals surface area (Å²) in [6.45, 7) is 8.16. The largest absolute Gasteiger partial charge is 0.205 e. The molecule has 1 heterocycles. The van der Waals surface area contributed by atoms with Gasteiger partial charge in [0.05, 0.1) is 0 Å². The van der Waals surface area contributed by atoms with Crippen molar-refractivity contribution in [2.45, 2.75) is 258 Å². The predicted octanol–water partition coefficient (Wildman–Crippen LogP) is 15.4. The first-order chi connectivity index (χ1) is 22.8. The molecule has 46 heavy (non-hydrogen) atoms. The Balaban J connectivity index is 2.24. The van der Waals surface area contributed by atoms with Gasteiger partial charge in [-0.2, -0.15) is 0 Å². The van der Waals surface area contributed by atoms with Crippen molar-refractivity contribution in [2.75, 3.05) is 0 Å². The van der Waals surface area contributed by atoms with Gasteiger partial charge in [0, 0.05) is 17.5 Å². The second-order valence-corrected chi connectivity index (χ2v) is 15.3. The van der Waals surface area contributed by atoms with E-state index in [1.54, 1.807) is 11.1 Å². The summed E-state index contributed by atoms with van der Waals surface area (Å²) in [4.78, 5) is 0. The molecule has 0 radical (unpaired) electrons. The van der Waals surface area contributed by atoms with Gasteiger partial charge in [-0.1, -0.05) is 213 Å². The highest BCUT2D eigenvalue weighted by Crippen LogP contribution is 2.17. The van der Waals surface area contributed by atoms with Crippen LogP contribution in [0.4, 0.5) is 0 Å². The van der Waals surface area contributed by atoms with Gasteiger partial charge in [-0.3, -0.25) is 0 Å². The van der Waals surface area contributed by atoms with E-state index in [9.17, 15) is 0 Å². The van der Waals surface area contributed by atoms with Gasteiger partial charge in [-0.15, -0.1) is 0 Å². The number of unbranched alkanes of at least 4 members (excludes halogenated alkanes) is 31. The summed E-state index contributed by atoms with van der Waals surface area (Å²) < 4.78 is 2.57. The Bertz CT molecular complexity index is 673. The first-order valence-corrected chi connectivity index (χ1v) is 21.8. The quantitative estimate of drug-likeness (QED) is 0.0503. The molecule has 0 aliphatic rings. The second kappa shape index (κ2) is 35.5. The van der Waals surface area contributed by atoms with Crippen molar-refractivity contribution < 1.29 is 4.57 Å². The maximum Gasteiger partial charge on any atom is 0.171 e. The van der Waals surface area contributed by atoms with Crippen molar-refractivity contribution in [3.05, 3.63) is 29.6 Å². The highest BCUT2D eigenvalue weighted by molar-refractivity contribution is 5.15. The lowest BCUT2D eigenvalue weighted by Gasteiger charge is -2.07. The third kappa shape index (κ3) is 29.3. The van der Waals surface area contributed by atoms with E-state index < -0.39 is 0 Å². The van der Waals surface area contributed by atoms with E-state index in [0.717, 1.165) is 0 Å². The molecule has 0 saturated carbocycles. The lowest BCUT2D eigenvalue weighted by molar-refractivity contribution is -0.698. The summed E-state index contributed by atoms with van der Waals surface area (Å²) in [6, 6.07) is 2.57. The summed E-state index contributed by atoms with van der Waals surface area (Å²) in [7, 11) is 0. The first-order valence-electron chi connectivity index (χ1n) is 21.8.